The quantitative estimate of drug-likeness (QED) is 0.844. The Labute approximate surface area is 103 Å². The van der Waals surface area contributed by atoms with E-state index in [1.54, 1.807) is 24.3 Å². The topological polar surface area (TPSA) is 46.3 Å². The first kappa shape index (κ1) is 14.3. The van der Waals surface area contributed by atoms with Gasteiger partial charge in [-0.15, -0.1) is 0 Å². The van der Waals surface area contributed by atoms with Crippen LogP contribution in [-0.4, -0.2) is 30.6 Å². The van der Waals surface area contributed by atoms with Crippen molar-refractivity contribution in [1.82, 2.24) is 4.90 Å². The lowest BCUT2D eigenvalue weighted by molar-refractivity contribution is -0.158. The number of nitrogens with zero attached hydrogens (tertiary/aromatic N) is 1. The molecule has 0 saturated carbocycles. The number of carbonyl (C=O) groups is 1. The highest BCUT2D eigenvalue weighted by molar-refractivity contribution is 5.76. The van der Waals surface area contributed by atoms with Gasteiger partial charge in [0.2, 0.25) is 5.91 Å². The van der Waals surface area contributed by atoms with E-state index in [-0.39, 0.29) is 6.42 Å². The van der Waals surface area contributed by atoms with Crippen molar-refractivity contribution in [2.45, 2.75) is 19.0 Å². The number of nitrogen functional groups attached to an aromatic ring is 1. The molecule has 0 aliphatic carbocycles. The lowest BCUT2D eigenvalue weighted by Crippen LogP contribution is -2.35. The van der Waals surface area contributed by atoms with Crippen LogP contribution < -0.4 is 5.73 Å². The molecule has 2 N–H and O–H groups in total. The van der Waals surface area contributed by atoms with Crippen molar-refractivity contribution in [3.05, 3.63) is 29.8 Å². The van der Waals surface area contributed by atoms with Gasteiger partial charge in [0.15, 0.2) is 0 Å². The molecule has 1 aromatic carbocycles. The van der Waals surface area contributed by atoms with Gasteiger partial charge in [-0.25, -0.2) is 0 Å². The monoisotopic (exact) mass is 260 g/mol. The molecule has 100 valence electrons. The standard InChI is InChI=1S/C12H15F3N2O/c1-17(8-12(13,14)15)11(18)6-5-9-3-2-4-10(16)7-9/h2-4,7H,5-6,8,16H2,1H3. The normalized spacial score (nSPS) is 11.3. The molecule has 0 aliphatic rings. The number of alkyl halides is 3. The number of halogens is 3. The summed E-state index contributed by atoms with van der Waals surface area (Å²) < 4.78 is 36.2. The summed E-state index contributed by atoms with van der Waals surface area (Å²) in [7, 11) is 1.15. The van der Waals surface area contributed by atoms with Crippen LogP contribution in [0.15, 0.2) is 24.3 Å². The van der Waals surface area contributed by atoms with Crippen molar-refractivity contribution in [2.75, 3.05) is 19.3 Å². The van der Waals surface area contributed by atoms with Gasteiger partial charge in [-0.05, 0) is 24.1 Å². The Kier molecular flexibility index (Phi) is 4.58. The van der Waals surface area contributed by atoms with E-state index in [9.17, 15) is 18.0 Å². The van der Waals surface area contributed by atoms with Gasteiger partial charge < -0.3 is 10.6 Å². The Balaban J connectivity index is 2.46. The van der Waals surface area contributed by atoms with E-state index in [2.05, 4.69) is 0 Å². The third-order valence-electron chi connectivity index (χ3n) is 2.42. The van der Waals surface area contributed by atoms with Crippen LogP contribution in [0.5, 0.6) is 0 Å². The van der Waals surface area contributed by atoms with Gasteiger partial charge in [0.1, 0.15) is 6.54 Å². The van der Waals surface area contributed by atoms with Gasteiger partial charge in [0.05, 0.1) is 0 Å². The second-order valence-electron chi connectivity index (χ2n) is 4.11. The summed E-state index contributed by atoms with van der Waals surface area (Å²) in [6.45, 7) is -1.22. The molecule has 6 heteroatoms. The Morgan fingerprint density at radius 2 is 2.06 bits per heavy atom. The minimum absolute atomic E-state index is 0.0377. The van der Waals surface area contributed by atoms with Crippen LogP contribution in [-0.2, 0) is 11.2 Å². The van der Waals surface area contributed by atoms with Crippen LogP contribution in [0.25, 0.3) is 0 Å². The highest BCUT2D eigenvalue weighted by Gasteiger charge is 2.30. The van der Waals surface area contributed by atoms with Crippen LogP contribution >= 0.6 is 0 Å². The molecule has 1 amide bonds. The van der Waals surface area contributed by atoms with Gasteiger partial charge in [-0.1, -0.05) is 12.1 Å². The fourth-order valence-corrected chi connectivity index (χ4v) is 1.55. The molecule has 18 heavy (non-hydrogen) atoms. The molecule has 0 saturated heterocycles. The number of nitrogens with two attached hydrogens (primary N) is 1. The van der Waals surface area contributed by atoms with Crippen molar-refractivity contribution in [3.63, 3.8) is 0 Å². The lowest BCUT2D eigenvalue weighted by atomic mass is 10.1. The van der Waals surface area contributed by atoms with Gasteiger partial charge in [0.25, 0.3) is 0 Å². The van der Waals surface area contributed by atoms with E-state index >= 15 is 0 Å². The molecule has 0 unspecified atom stereocenters. The fraction of sp³-hybridized carbons (Fsp3) is 0.417. The molecule has 0 atom stereocenters. The number of carbonyl (C=O) groups excluding carboxylic acids is 1. The first-order chi connectivity index (χ1) is 8.28. The summed E-state index contributed by atoms with van der Waals surface area (Å²) in [6, 6.07) is 6.94. The predicted octanol–water partition coefficient (Wildman–Crippen LogP) is 2.22. The van der Waals surface area contributed by atoms with Gasteiger partial charge in [0, 0.05) is 19.2 Å². The van der Waals surface area contributed by atoms with Crippen LogP contribution in [0.3, 0.4) is 0 Å². The van der Waals surface area contributed by atoms with Crippen LogP contribution in [0, 0.1) is 0 Å². The van der Waals surface area contributed by atoms with E-state index in [1.165, 1.54) is 0 Å². The van der Waals surface area contributed by atoms with Crippen LogP contribution in [0.2, 0.25) is 0 Å². The SMILES string of the molecule is CN(CC(F)(F)F)C(=O)CCc1cccc(N)c1. The summed E-state index contributed by atoms with van der Waals surface area (Å²) in [6.07, 6.45) is -3.94. The smallest absolute Gasteiger partial charge is 0.399 e. The fourth-order valence-electron chi connectivity index (χ4n) is 1.55. The minimum atomic E-state index is -4.36. The number of anilines is 1. The zero-order valence-corrected chi connectivity index (χ0v) is 10.00. The number of rotatable bonds is 4. The Bertz CT molecular complexity index is 418. The maximum atomic E-state index is 12.1. The average molecular weight is 260 g/mol. The number of aryl methyl sites for hydroxylation is 1. The highest BCUT2D eigenvalue weighted by atomic mass is 19.4. The van der Waals surface area contributed by atoms with E-state index < -0.39 is 18.6 Å². The van der Waals surface area contributed by atoms with Gasteiger partial charge in [-0.2, -0.15) is 13.2 Å². The van der Waals surface area contributed by atoms with E-state index in [1.807, 2.05) is 0 Å². The predicted molar refractivity (Wildman–Crippen MR) is 62.9 cm³/mol. The molecule has 1 aromatic rings. The Morgan fingerprint density at radius 1 is 1.39 bits per heavy atom. The maximum Gasteiger partial charge on any atom is 0.406 e. The number of benzene rings is 1. The van der Waals surface area contributed by atoms with Crippen molar-refractivity contribution in [1.29, 1.82) is 0 Å². The highest BCUT2D eigenvalue weighted by Crippen LogP contribution is 2.16. The van der Waals surface area contributed by atoms with Crippen LogP contribution in [0.1, 0.15) is 12.0 Å². The van der Waals surface area contributed by atoms with Crippen molar-refractivity contribution in [3.8, 4) is 0 Å². The molecule has 0 aromatic heterocycles. The molecular formula is C12H15F3N2O. The van der Waals surface area contributed by atoms with Crippen molar-refractivity contribution in [2.24, 2.45) is 0 Å². The zero-order chi connectivity index (χ0) is 13.8. The van der Waals surface area contributed by atoms with Crippen LogP contribution in [0.4, 0.5) is 18.9 Å². The molecule has 0 spiro atoms. The summed E-state index contributed by atoms with van der Waals surface area (Å²) in [5.41, 5.74) is 6.97. The van der Waals surface area contributed by atoms with Gasteiger partial charge in [-0.3, -0.25) is 4.79 Å². The van der Waals surface area contributed by atoms with Crippen molar-refractivity contribution >= 4 is 11.6 Å². The number of hydrogen-bond acceptors (Lipinski definition) is 2. The minimum Gasteiger partial charge on any atom is -0.399 e. The molecule has 0 bridgehead atoms. The molecule has 0 heterocycles. The Morgan fingerprint density at radius 3 is 2.61 bits per heavy atom. The molecule has 0 fully saturated rings. The summed E-state index contributed by atoms with van der Waals surface area (Å²) in [5.74, 6) is -0.533. The average Bonchev–Trinajstić information content (AvgIpc) is 2.23. The summed E-state index contributed by atoms with van der Waals surface area (Å²) in [5, 5.41) is 0. The summed E-state index contributed by atoms with van der Waals surface area (Å²) in [4.78, 5) is 12.2. The second kappa shape index (κ2) is 5.75. The van der Waals surface area contributed by atoms with Gasteiger partial charge >= 0.3 is 6.18 Å². The third kappa shape index (κ3) is 5.07. The zero-order valence-electron chi connectivity index (χ0n) is 10.00. The van der Waals surface area contributed by atoms with E-state index in [4.69, 9.17) is 5.73 Å². The molecule has 3 nitrogen and oxygen atoms in total. The first-order valence-electron chi connectivity index (χ1n) is 5.43. The largest absolute Gasteiger partial charge is 0.406 e. The molecule has 1 rings (SSSR count). The molecular weight excluding hydrogens is 245 g/mol. The maximum absolute atomic E-state index is 12.1. The Hall–Kier alpha value is -1.72. The summed E-state index contributed by atoms with van der Waals surface area (Å²) >= 11 is 0. The second-order valence-corrected chi connectivity index (χ2v) is 4.11. The first-order valence-corrected chi connectivity index (χ1v) is 5.43. The van der Waals surface area contributed by atoms with Crippen molar-refractivity contribution < 1.29 is 18.0 Å². The number of amides is 1. The van der Waals surface area contributed by atoms with E-state index in [0.29, 0.717) is 17.0 Å². The third-order valence-corrected chi connectivity index (χ3v) is 2.42. The van der Waals surface area contributed by atoms with E-state index in [0.717, 1.165) is 12.6 Å². The molecule has 0 radical (unpaired) electrons. The lowest BCUT2D eigenvalue weighted by Gasteiger charge is -2.18. The molecule has 0 aliphatic heterocycles. The number of hydrogen-bond donors (Lipinski definition) is 1.